The zero-order chi connectivity index (χ0) is 10.4. The van der Waals surface area contributed by atoms with Crippen LogP contribution in [0.3, 0.4) is 0 Å². The average Bonchev–Trinajstić information content (AvgIpc) is 2.12. The van der Waals surface area contributed by atoms with Gasteiger partial charge in [-0.25, -0.2) is 4.79 Å². The van der Waals surface area contributed by atoms with Gasteiger partial charge in [-0.15, -0.1) is 0 Å². The van der Waals surface area contributed by atoms with E-state index in [1.165, 1.54) is 14.0 Å². The van der Waals surface area contributed by atoms with Crippen molar-refractivity contribution in [1.29, 1.82) is 0 Å². The lowest BCUT2D eigenvalue weighted by Crippen LogP contribution is -2.48. The van der Waals surface area contributed by atoms with Gasteiger partial charge in [0, 0.05) is 5.75 Å². The van der Waals surface area contributed by atoms with Gasteiger partial charge in [-0.2, -0.15) is 12.6 Å². The minimum atomic E-state index is -0.730. The lowest BCUT2D eigenvalue weighted by Gasteiger charge is -2.15. The summed E-state index contributed by atoms with van der Waals surface area (Å²) < 4.78 is 4.44. The third-order valence-electron chi connectivity index (χ3n) is 1.40. The normalized spacial score (nSPS) is 14.5. The van der Waals surface area contributed by atoms with Crippen molar-refractivity contribution in [1.82, 2.24) is 5.32 Å². The Morgan fingerprint density at radius 1 is 1.62 bits per heavy atom. The molecule has 6 heteroatoms. The molecule has 2 atom stereocenters. The molecule has 0 spiro atoms. The Bertz CT molecular complexity index is 196. The fourth-order valence-corrected chi connectivity index (χ4v) is 0.865. The number of rotatable bonds is 4. The summed E-state index contributed by atoms with van der Waals surface area (Å²) in [6.07, 6.45) is 0. The molecule has 0 rings (SSSR count). The van der Waals surface area contributed by atoms with E-state index in [9.17, 15) is 9.59 Å². The second kappa shape index (κ2) is 5.82. The molecule has 13 heavy (non-hydrogen) atoms. The van der Waals surface area contributed by atoms with Gasteiger partial charge >= 0.3 is 5.97 Å². The number of hydrogen-bond donors (Lipinski definition) is 3. The first-order chi connectivity index (χ1) is 6.02. The van der Waals surface area contributed by atoms with Crippen LogP contribution in [-0.4, -0.2) is 36.8 Å². The van der Waals surface area contributed by atoms with E-state index in [0.29, 0.717) is 0 Å². The minimum absolute atomic E-state index is 0.186. The van der Waals surface area contributed by atoms with Crippen LogP contribution in [0.5, 0.6) is 0 Å². The van der Waals surface area contributed by atoms with Crippen molar-refractivity contribution in [3.8, 4) is 0 Å². The molecule has 0 saturated carbocycles. The van der Waals surface area contributed by atoms with Crippen molar-refractivity contribution < 1.29 is 14.3 Å². The Morgan fingerprint density at radius 3 is 2.46 bits per heavy atom. The SMILES string of the molecule is COC(=O)[C@H](CS)NC(=O)[C@H](C)N. The average molecular weight is 206 g/mol. The molecule has 0 bridgehead atoms. The highest BCUT2D eigenvalue weighted by Gasteiger charge is 2.20. The van der Waals surface area contributed by atoms with Crippen molar-refractivity contribution in [2.75, 3.05) is 12.9 Å². The number of methoxy groups -OCH3 is 1. The summed E-state index contributed by atoms with van der Waals surface area (Å²) in [5.41, 5.74) is 5.29. The molecule has 0 aliphatic rings. The van der Waals surface area contributed by atoms with Crippen molar-refractivity contribution >= 4 is 24.5 Å². The van der Waals surface area contributed by atoms with Crippen LogP contribution in [-0.2, 0) is 14.3 Å². The molecule has 1 amide bonds. The summed E-state index contributed by atoms with van der Waals surface area (Å²) >= 11 is 3.90. The third kappa shape index (κ3) is 4.14. The van der Waals surface area contributed by atoms with Crippen LogP contribution in [0.25, 0.3) is 0 Å². The lowest BCUT2D eigenvalue weighted by molar-refractivity contribution is -0.144. The second-order valence-electron chi connectivity index (χ2n) is 2.56. The van der Waals surface area contributed by atoms with Crippen LogP contribution < -0.4 is 11.1 Å². The number of thiol groups is 1. The van der Waals surface area contributed by atoms with Crippen molar-refractivity contribution in [2.24, 2.45) is 5.73 Å². The van der Waals surface area contributed by atoms with Crippen LogP contribution in [0.1, 0.15) is 6.92 Å². The predicted octanol–water partition coefficient (Wildman–Crippen LogP) is -1.08. The van der Waals surface area contributed by atoms with Gasteiger partial charge in [0.15, 0.2) is 0 Å². The van der Waals surface area contributed by atoms with Crippen LogP contribution in [0.15, 0.2) is 0 Å². The highest BCUT2D eigenvalue weighted by atomic mass is 32.1. The summed E-state index contributed by atoms with van der Waals surface area (Å²) in [5.74, 6) is -0.737. The Hall–Kier alpha value is -0.750. The van der Waals surface area contributed by atoms with E-state index in [2.05, 4.69) is 22.7 Å². The fraction of sp³-hybridized carbons (Fsp3) is 0.714. The number of carbonyl (C=O) groups is 2. The topological polar surface area (TPSA) is 81.4 Å². The fourth-order valence-electron chi connectivity index (χ4n) is 0.625. The second-order valence-corrected chi connectivity index (χ2v) is 2.92. The molecule has 3 N–H and O–H groups in total. The van der Waals surface area contributed by atoms with E-state index in [4.69, 9.17) is 5.73 Å². The highest BCUT2D eigenvalue weighted by Crippen LogP contribution is 1.92. The first kappa shape index (κ1) is 12.2. The van der Waals surface area contributed by atoms with E-state index in [0.717, 1.165) is 0 Å². The molecule has 0 aromatic carbocycles. The van der Waals surface area contributed by atoms with Gasteiger partial charge in [0.25, 0.3) is 0 Å². The first-order valence-electron chi connectivity index (χ1n) is 3.77. The number of nitrogens with one attached hydrogen (secondary N) is 1. The summed E-state index contributed by atoms with van der Waals surface area (Å²) in [4.78, 5) is 22.0. The summed E-state index contributed by atoms with van der Waals surface area (Å²) in [6, 6.07) is -1.38. The molecular formula is C7H14N2O3S. The van der Waals surface area contributed by atoms with Crippen LogP contribution in [0.2, 0.25) is 0 Å². The molecule has 0 heterocycles. The molecular weight excluding hydrogens is 192 g/mol. The van der Waals surface area contributed by atoms with Gasteiger partial charge in [0.2, 0.25) is 5.91 Å². The molecule has 76 valence electrons. The van der Waals surface area contributed by atoms with Gasteiger partial charge in [0.1, 0.15) is 6.04 Å². The van der Waals surface area contributed by atoms with E-state index < -0.39 is 24.0 Å². The Kier molecular flexibility index (Phi) is 5.48. The highest BCUT2D eigenvalue weighted by molar-refractivity contribution is 7.80. The van der Waals surface area contributed by atoms with Gasteiger partial charge in [0.05, 0.1) is 13.2 Å². The molecule has 0 radical (unpaired) electrons. The Morgan fingerprint density at radius 2 is 2.15 bits per heavy atom. The maximum Gasteiger partial charge on any atom is 0.329 e. The van der Waals surface area contributed by atoms with Gasteiger partial charge in [-0.05, 0) is 6.92 Å². The maximum absolute atomic E-state index is 11.1. The molecule has 0 unspecified atom stereocenters. The zero-order valence-corrected chi connectivity index (χ0v) is 8.51. The predicted molar refractivity (Wildman–Crippen MR) is 51.4 cm³/mol. The maximum atomic E-state index is 11.1. The number of ether oxygens (including phenoxy) is 1. The van der Waals surface area contributed by atoms with Crippen LogP contribution in [0.4, 0.5) is 0 Å². The van der Waals surface area contributed by atoms with Crippen molar-refractivity contribution in [3.05, 3.63) is 0 Å². The molecule has 0 aromatic heterocycles. The number of esters is 1. The van der Waals surface area contributed by atoms with E-state index in [1.54, 1.807) is 0 Å². The third-order valence-corrected chi connectivity index (χ3v) is 1.76. The quantitative estimate of drug-likeness (QED) is 0.404. The number of nitrogens with two attached hydrogens (primary N) is 1. The summed E-state index contributed by atoms with van der Waals surface area (Å²) in [6.45, 7) is 1.53. The number of carbonyl (C=O) groups excluding carboxylic acids is 2. The van der Waals surface area contributed by atoms with Crippen LogP contribution >= 0.6 is 12.6 Å². The molecule has 0 saturated heterocycles. The van der Waals surface area contributed by atoms with Crippen LogP contribution in [0, 0.1) is 0 Å². The van der Waals surface area contributed by atoms with Gasteiger partial charge in [-0.1, -0.05) is 0 Å². The van der Waals surface area contributed by atoms with Crippen molar-refractivity contribution in [2.45, 2.75) is 19.0 Å². The molecule has 0 aliphatic heterocycles. The molecule has 0 aliphatic carbocycles. The Balaban J connectivity index is 4.13. The summed E-state index contributed by atoms with van der Waals surface area (Å²) in [7, 11) is 1.25. The monoisotopic (exact) mass is 206 g/mol. The van der Waals surface area contributed by atoms with E-state index >= 15 is 0 Å². The molecule has 0 aromatic rings. The largest absolute Gasteiger partial charge is 0.467 e. The van der Waals surface area contributed by atoms with Gasteiger partial charge < -0.3 is 15.8 Å². The lowest BCUT2D eigenvalue weighted by atomic mass is 10.3. The van der Waals surface area contributed by atoms with Crippen molar-refractivity contribution in [3.63, 3.8) is 0 Å². The van der Waals surface area contributed by atoms with Gasteiger partial charge in [-0.3, -0.25) is 4.79 Å². The zero-order valence-electron chi connectivity index (χ0n) is 7.61. The first-order valence-corrected chi connectivity index (χ1v) is 4.40. The standard InChI is InChI=1S/C7H14N2O3S/c1-4(8)6(10)9-5(3-13)7(11)12-2/h4-5,13H,3,8H2,1-2H3,(H,9,10)/t4-,5-/m0/s1. The minimum Gasteiger partial charge on any atom is -0.467 e. The Labute approximate surface area is 82.4 Å². The molecule has 0 fully saturated rings. The number of hydrogen-bond acceptors (Lipinski definition) is 5. The van der Waals surface area contributed by atoms with E-state index in [1.807, 2.05) is 0 Å². The molecule has 5 nitrogen and oxygen atoms in total. The number of amides is 1. The smallest absolute Gasteiger partial charge is 0.329 e. The summed E-state index contributed by atoms with van der Waals surface area (Å²) in [5, 5.41) is 2.40. The van der Waals surface area contributed by atoms with E-state index in [-0.39, 0.29) is 5.75 Å².